The van der Waals surface area contributed by atoms with E-state index in [0.29, 0.717) is 25.6 Å². The van der Waals surface area contributed by atoms with E-state index in [9.17, 15) is 9.59 Å². The maximum Gasteiger partial charge on any atom is 0.224 e. The lowest BCUT2D eigenvalue weighted by atomic mass is 10.1. The van der Waals surface area contributed by atoms with Gasteiger partial charge in [-0.3, -0.25) is 9.59 Å². The number of piperazine rings is 1. The summed E-state index contributed by atoms with van der Waals surface area (Å²) in [6.45, 7) is 8.32. The van der Waals surface area contributed by atoms with Crippen LogP contribution in [0.25, 0.3) is 0 Å². The van der Waals surface area contributed by atoms with Crippen LogP contribution in [0.2, 0.25) is 0 Å². The number of nitrogens with zero attached hydrogens (tertiary/aromatic N) is 2. The Labute approximate surface area is 150 Å². The van der Waals surface area contributed by atoms with Gasteiger partial charge in [0.1, 0.15) is 0 Å². The van der Waals surface area contributed by atoms with E-state index in [4.69, 9.17) is 0 Å². The zero-order valence-electron chi connectivity index (χ0n) is 14.7. The molecule has 1 aliphatic rings. The van der Waals surface area contributed by atoms with Crippen LogP contribution in [0.4, 0.5) is 0 Å². The van der Waals surface area contributed by atoms with Crippen molar-refractivity contribution < 1.29 is 9.59 Å². The quantitative estimate of drug-likeness (QED) is 0.881. The highest BCUT2D eigenvalue weighted by Gasteiger charge is 2.28. The molecule has 1 N–H and O–H groups in total. The second-order valence-electron chi connectivity index (χ2n) is 6.25. The molecule has 6 heteroatoms. The molecule has 1 aromatic carbocycles. The van der Waals surface area contributed by atoms with Gasteiger partial charge < -0.3 is 15.1 Å². The molecule has 5 nitrogen and oxygen atoms in total. The first-order valence-electron chi connectivity index (χ1n) is 8.31. The lowest BCUT2D eigenvalue weighted by molar-refractivity contribution is -0.136. The van der Waals surface area contributed by atoms with Gasteiger partial charge in [-0.2, -0.15) is 0 Å². The van der Waals surface area contributed by atoms with Crippen LogP contribution in [0.1, 0.15) is 32.8 Å². The number of benzene rings is 1. The number of rotatable bonds is 5. The van der Waals surface area contributed by atoms with Gasteiger partial charge in [-0.15, -0.1) is 12.4 Å². The fraction of sp³-hybridized carbons (Fsp3) is 0.556. The molecular weight excluding hydrogens is 326 g/mol. The van der Waals surface area contributed by atoms with Crippen molar-refractivity contribution in [3.8, 4) is 0 Å². The molecule has 2 amide bonds. The Bertz CT molecular complexity index is 538. The molecule has 0 bridgehead atoms. The number of nitrogens with one attached hydrogen (secondary N) is 1. The highest BCUT2D eigenvalue weighted by molar-refractivity contribution is 5.85. The molecule has 1 saturated heterocycles. The Morgan fingerprint density at radius 2 is 1.92 bits per heavy atom. The van der Waals surface area contributed by atoms with Crippen molar-refractivity contribution in [2.24, 2.45) is 0 Å². The van der Waals surface area contributed by atoms with E-state index in [2.05, 4.69) is 19.2 Å². The third kappa shape index (κ3) is 5.49. The Hall–Kier alpha value is -1.59. The normalized spacial score (nSPS) is 20.2. The molecular formula is C18H28ClN3O2. The van der Waals surface area contributed by atoms with Crippen molar-refractivity contribution in [3.63, 3.8) is 0 Å². The maximum atomic E-state index is 12.5. The zero-order chi connectivity index (χ0) is 16.8. The van der Waals surface area contributed by atoms with Crippen molar-refractivity contribution in [2.75, 3.05) is 19.6 Å². The average molecular weight is 354 g/mol. The Balaban J connectivity index is 0.00000288. The monoisotopic (exact) mass is 353 g/mol. The Morgan fingerprint density at radius 1 is 1.25 bits per heavy atom. The molecule has 0 radical (unpaired) electrons. The molecule has 134 valence electrons. The van der Waals surface area contributed by atoms with Gasteiger partial charge in [-0.25, -0.2) is 0 Å². The van der Waals surface area contributed by atoms with Gasteiger partial charge in [0, 0.05) is 51.6 Å². The highest BCUT2D eigenvalue weighted by atomic mass is 35.5. The zero-order valence-corrected chi connectivity index (χ0v) is 15.5. The first kappa shape index (κ1) is 20.5. The topological polar surface area (TPSA) is 52.7 Å². The summed E-state index contributed by atoms with van der Waals surface area (Å²) in [5.74, 6) is 0.133. The van der Waals surface area contributed by atoms with Crippen LogP contribution < -0.4 is 5.32 Å². The first-order valence-corrected chi connectivity index (χ1v) is 8.31. The van der Waals surface area contributed by atoms with Crippen LogP contribution in [0.3, 0.4) is 0 Å². The highest BCUT2D eigenvalue weighted by Crippen LogP contribution is 2.12. The second kappa shape index (κ2) is 9.64. The smallest absolute Gasteiger partial charge is 0.224 e. The second-order valence-corrected chi connectivity index (χ2v) is 6.25. The van der Waals surface area contributed by atoms with Crippen LogP contribution in [0, 0.1) is 0 Å². The number of carbonyl (C=O) groups excluding carboxylic acids is 2. The summed E-state index contributed by atoms with van der Waals surface area (Å²) < 4.78 is 0. The number of hydrogen-bond donors (Lipinski definition) is 1. The molecule has 2 rings (SSSR count). The largest absolute Gasteiger partial charge is 0.338 e. The van der Waals surface area contributed by atoms with E-state index in [1.54, 1.807) is 11.8 Å². The van der Waals surface area contributed by atoms with E-state index in [1.165, 1.54) is 0 Å². The van der Waals surface area contributed by atoms with Crippen molar-refractivity contribution in [1.82, 2.24) is 15.1 Å². The molecule has 24 heavy (non-hydrogen) atoms. The molecule has 0 aliphatic carbocycles. The molecule has 1 fully saturated rings. The minimum Gasteiger partial charge on any atom is -0.338 e. The maximum absolute atomic E-state index is 12.5. The van der Waals surface area contributed by atoms with E-state index < -0.39 is 0 Å². The summed E-state index contributed by atoms with van der Waals surface area (Å²) in [6, 6.07) is 10.4. The molecule has 2 atom stereocenters. The summed E-state index contributed by atoms with van der Waals surface area (Å²) >= 11 is 0. The number of halogens is 1. The molecule has 0 aromatic heterocycles. The SMILES string of the molecule is CC(=O)N(CCC(=O)N1CCNC(C)C1C)Cc1ccccc1.Cl. The van der Waals surface area contributed by atoms with Gasteiger partial charge in [0.2, 0.25) is 11.8 Å². The van der Waals surface area contributed by atoms with Gasteiger partial charge in [0.25, 0.3) is 0 Å². The molecule has 1 aliphatic heterocycles. The standard InChI is InChI=1S/C18H27N3O2.ClH/c1-14-15(2)21(12-10-19-14)18(23)9-11-20(16(3)22)13-17-7-5-4-6-8-17;/h4-8,14-15,19H,9-13H2,1-3H3;1H. The first-order chi connectivity index (χ1) is 11.0. The van der Waals surface area contributed by atoms with E-state index in [1.807, 2.05) is 35.2 Å². The Morgan fingerprint density at radius 3 is 2.54 bits per heavy atom. The molecule has 1 heterocycles. The van der Waals surface area contributed by atoms with Crippen molar-refractivity contribution >= 4 is 24.2 Å². The molecule has 2 unspecified atom stereocenters. The summed E-state index contributed by atoms with van der Waals surface area (Å²) in [6.07, 6.45) is 0.378. The van der Waals surface area contributed by atoms with E-state index in [-0.39, 0.29) is 30.3 Å². The number of carbonyl (C=O) groups is 2. The average Bonchev–Trinajstić information content (AvgIpc) is 2.54. The Kier molecular flexibility index (Phi) is 8.22. The third-order valence-corrected chi connectivity index (χ3v) is 4.61. The molecule has 0 spiro atoms. The minimum atomic E-state index is 0. The lowest BCUT2D eigenvalue weighted by Crippen LogP contribution is -2.57. The summed E-state index contributed by atoms with van der Waals surface area (Å²) in [7, 11) is 0. The van der Waals surface area contributed by atoms with Crippen molar-refractivity contribution in [1.29, 1.82) is 0 Å². The van der Waals surface area contributed by atoms with E-state index >= 15 is 0 Å². The summed E-state index contributed by atoms with van der Waals surface area (Å²) in [5.41, 5.74) is 1.08. The van der Waals surface area contributed by atoms with Gasteiger partial charge in [-0.1, -0.05) is 30.3 Å². The molecule has 1 aromatic rings. The van der Waals surface area contributed by atoms with Crippen LogP contribution >= 0.6 is 12.4 Å². The van der Waals surface area contributed by atoms with Crippen LogP contribution in [-0.4, -0.2) is 53.3 Å². The number of hydrogen-bond acceptors (Lipinski definition) is 3. The van der Waals surface area contributed by atoms with Gasteiger partial charge in [0.15, 0.2) is 0 Å². The van der Waals surface area contributed by atoms with Crippen LogP contribution in [0.5, 0.6) is 0 Å². The van der Waals surface area contributed by atoms with Crippen LogP contribution in [-0.2, 0) is 16.1 Å². The van der Waals surface area contributed by atoms with E-state index in [0.717, 1.165) is 18.7 Å². The summed E-state index contributed by atoms with van der Waals surface area (Å²) in [4.78, 5) is 28.0. The fourth-order valence-electron chi connectivity index (χ4n) is 2.93. The van der Waals surface area contributed by atoms with Gasteiger partial charge in [-0.05, 0) is 19.4 Å². The van der Waals surface area contributed by atoms with Gasteiger partial charge in [0.05, 0.1) is 0 Å². The van der Waals surface area contributed by atoms with Crippen LogP contribution in [0.15, 0.2) is 30.3 Å². The van der Waals surface area contributed by atoms with Gasteiger partial charge >= 0.3 is 0 Å². The lowest BCUT2D eigenvalue weighted by Gasteiger charge is -2.39. The summed E-state index contributed by atoms with van der Waals surface area (Å²) in [5, 5.41) is 3.37. The predicted octanol–water partition coefficient (Wildman–Crippen LogP) is 2.06. The van der Waals surface area contributed by atoms with Crippen molar-refractivity contribution in [2.45, 2.75) is 45.8 Å². The minimum absolute atomic E-state index is 0. The molecule has 0 saturated carbocycles. The van der Waals surface area contributed by atoms with Crippen molar-refractivity contribution in [3.05, 3.63) is 35.9 Å². The predicted molar refractivity (Wildman–Crippen MR) is 98.0 cm³/mol. The number of amides is 2. The third-order valence-electron chi connectivity index (χ3n) is 4.61. The fourth-order valence-corrected chi connectivity index (χ4v) is 2.93.